The lowest BCUT2D eigenvalue weighted by Gasteiger charge is -2.30. The fourth-order valence-corrected chi connectivity index (χ4v) is 2.90. The van der Waals surface area contributed by atoms with E-state index in [1.807, 2.05) is 0 Å². The maximum absolute atomic E-state index is 12.1. The lowest BCUT2D eigenvalue weighted by molar-refractivity contribution is 0.0214. The molecule has 1 aliphatic carbocycles. The van der Waals surface area contributed by atoms with Gasteiger partial charge in [0, 0.05) is 0 Å². The van der Waals surface area contributed by atoms with Gasteiger partial charge in [0.2, 0.25) is 0 Å². The van der Waals surface area contributed by atoms with Crippen LogP contribution in [0.5, 0.6) is 0 Å². The van der Waals surface area contributed by atoms with Crippen LogP contribution in [0.3, 0.4) is 0 Å². The summed E-state index contributed by atoms with van der Waals surface area (Å²) in [6.45, 7) is 8.85. The molecule has 0 radical (unpaired) electrons. The predicted octanol–water partition coefficient (Wildman–Crippen LogP) is 4.82. The van der Waals surface area contributed by atoms with Gasteiger partial charge >= 0.3 is 12.2 Å². The highest BCUT2D eigenvalue weighted by atomic mass is 16.6. The van der Waals surface area contributed by atoms with Crippen LogP contribution in [0.15, 0.2) is 12.7 Å². The third kappa shape index (κ3) is 6.08. The molecule has 5 nitrogen and oxygen atoms in total. The maximum atomic E-state index is 12.1. The molecule has 0 aromatic heterocycles. The average molecular weight is 311 g/mol. The fourth-order valence-electron chi connectivity index (χ4n) is 2.90. The van der Waals surface area contributed by atoms with Gasteiger partial charge in [-0.3, -0.25) is 0 Å². The third-order valence-corrected chi connectivity index (χ3v) is 4.00. The molecule has 5 heteroatoms. The quantitative estimate of drug-likeness (QED) is 0.739. The number of amides is 2. The zero-order valence-electron chi connectivity index (χ0n) is 14.0. The molecule has 0 saturated heterocycles. The first-order chi connectivity index (χ1) is 10.2. The highest BCUT2D eigenvalue weighted by Gasteiger charge is 2.32. The van der Waals surface area contributed by atoms with Crippen molar-refractivity contribution in [3.63, 3.8) is 0 Å². The number of carboxylic acid groups (broad SMARTS) is 1. The fraction of sp³-hybridized carbons (Fsp3) is 0.765. The van der Waals surface area contributed by atoms with E-state index in [9.17, 15) is 14.7 Å². The van der Waals surface area contributed by atoms with Crippen LogP contribution in [0.2, 0.25) is 0 Å². The molecule has 0 bridgehead atoms. The number of nitrogens with zero attached hydrogens (tertiary/aromatic N) is 1. The first-order valence-corrected chi connectivity index (χ1v) is 8.12. The minimum atomic E-state index is -1.29. The summed E-state index contributed by atoms with van der Waals surface area (Å²) >= 11 is 0. The lowest BCUT2D eigenvalue weighted by Crippen LogP contribution is -2.45. The number of ether oxygens (including phenoxy) is 1. The second-order valence-corrected chi connectivity index (χ2v) is 7.02. The van der Waals surface area contributed by atoms with Crippen molar-refractivity contribution >= 4 is 12.2 Å². The molecule has 1 saturated carbocycles. The number of hydrogen-bond acceptors (Lipinski definition) is 3. The van der Waals surface area contributed by atoms with Crippen molar-refractivity contribution in [2.45, 2.75) is 77.4 Å². The number of imide groups is 1. The largest absolute Gasteiger partial charge is 0.465 e. The van der Waals surface area contributed by atoms with Crippen LogP contribution >= 0.6 is 0 Å². The molecule has 0 spiro atoms. The molecule has 1 rings (SSSR count). The summed E-state index contributed by atoms with van der Waals surface area (Å²) in [5.74, 6) is 0.630. The van der Waals surface area contributed by atoms with Gasteiger partial charge in [-0.25, -0.2) is 14.5 Å². The maximum Gasteiger partial charge on any atom is 0.420 e. The van der Waals surface area contributed by atoms with Crippen LogP contribution in [0.4, 0.5) is 9.59 Å². The molecule has 2 amide bonds. The monoisotopic (exact) mass is 311 g/mol. The Bertz CT molecular complexity index is 394. The lowest BCUT2D eigenvalue weighted by atomic mass is 9.85. The van der Waals surface area contributed by atoms with Gasteiger partial charge in [0.05, 0.1) is 6.04 Å². The van der Waals surface area contributed by atoms with Gasteiger partial charge in [0.25, 0.3) is 0 Å². The molecule has 1 fully saturated rings. The Kier molecular flexibility index (Phi) is 6.91. The molecule has 1 atom stereocenters. The second kappa shape index (κ2) is 8.20. The summed E-state index contributed by atoms with van der Waals surface area (Å²) < 4.78 is 5.19. The number of carbonyl (C=O) groups is 2. The summed E-state index contributed by atoms with van der Waals surface area (Å²) in [6, 6.07) is -0.533. The van der Waals surface area contributed by atoms with Crippen molar-refractivity contribution < 1.29 is 19.4 Å². The van der Waals surface area contributed by atoms with E-state index in [1.54, 1.807) is 20.8 Å². The molecule has 1 N–H and O–H groups in total. The second-order valence-electron chi connectivity index (χ2n) is 7.02. The Labute approximate surface area is 133 Å². The molecule has 0 aromatic rings. The van der Waals surface area contributed by atoms with Crippen molar-refractivity contribution in [1.82, 2.24) is 4.90 Å². The van der Waals surface area contributed by atoms with E-state index in [0.717, 1.165) is 11.3 Å². The summed E-state index contributed by atoms with van der Waals surface area (Å²) in [6.07, 6.45) is 7.13. The third-order valence-electron chi connectivity index (χ3n) is 4.00. The molecular formula is C17H29NO4. The molecule has 0 unspecified atom stereocenters. The smallest absolute Gasteiger partial charge is 0.420 e. The van der Waals surface area contributed by atoms with Gasteiger partial charge in [0.1, 0.15) is 5.60 Å². The van der Waals surface area contributed by atoms with Crippen molar-refractivity contribution in [3.8, 4) is 0 Å². The van der Waals surface area contributed by atoms with E-state index in [4.69, 9.17) is 4.74 Å². The normalized spacial score (nSPS) is 17.6. The van der Waals surface area contributed by atoms with Crippen LogP contribution < -0.4 is 0 Å². The standard InChI is InChI=1S/C17H29NO4/c1-5-14(12-11-13-9-7-6-8-10-13)18(15(19)20)16(21)22-17(2,3)4/h5,13-14H,1,6-12H2,2-4H3,(H,19,20)/t14-/m1/s1. The Hall–Kier alpha value is -1.52. The van der Waals surface area contributed by atoms with Crippen LogP contribution in [0.1, 0.15) is 65.7 Å². The van der Waals surface area contributed by atoms with Crippen molar-refractivity contribution in [1.29, 1.82) is 0 Å². The predicted molar refractivity (Wildman–Crippen MR) is 85.9 cm³/mol. The van der Waals surface area contributed by atoms with E-state index in [1.165, 1.54) is 38.2 Å². The highest BCUT2D eigenvalue weighted by molar-refractivity contribution is 5.87. The van der Waals surface area contributed by atoms with Crippen LogP contribution in [0.25, 0.3) is 0 Å². The first kappa shape index (κ1) is 18.5. The van der Waals surface area contributed by atoms with Gasteiger partial charge in [-0.2, -0.15) is 0 Å². The van der Waals surface area contributed by atoms with E-state index in [2.05, 4.69) is 6.58 Å². The van der Waals surface area contributed by atoms with E-state index in [-0.39, 0.29) is 0 Å². The first-order valence-electron chi connectivity index (χ1n) is 8.12. The minimum Gasteiger partial charge on any atom is -0.465 e. The van der Waals surface area contributed by atoms with E-state index < -0.39 is 23.8 Å². The van der Waals surface area contributed by atoms with E-state index in [0.29, 0.717) is 12.3 Å². The number of carbonyl (C=O) groups excluding carboxylic acids is 1. The SMILES string of the molecule is C=C[C@H](CCC1CCCCC1)N(C(=O)O)C(=O)OC(C)(C)C. The summed E-state index contributed by atoms with van der Waals surface area (Å²) in [7, 11) is 0. The number of rotatable bonds is 5. The Morgan fingerprint density at radius 1 is 1.32 bits per heavy atom. The van der Waals surface area contributed by atoms with Crippen LogP contribution in [-0.2, 0) is 4.74 Å². The molecule has 0 aliphatic heterocycles. The van der Waals surface area contributed by atoms with Gasteiger partial charge in [0.15, 0.2) is 0 Å². The summed E-state index contributed by atoms with van der Waals surface area (Å²) in [5, 5.41) is 9.36. The van der Waals surface area contributed by atoms with Gasteiger partial charge < -0.3 is 9.84 Å². The number of hydrogen-bond donors (Lipinski definition) is 1. The molecule has 0 heterocycles. The van der Waals surface area contributed by atoms with Crippen molar-refractivity contribution in [2.75, 3.05) is 0 Å². The highest BCUT2D eigenvalue weighted by Crippen LogP contribution is 2.28. The van der Waals surface area contributed by atoms with Gasteiger partial charge in [-0.1, -0.05) is 38.2 Å². The van der Waals surface area contributed by atoms with Gasteiger partial charge in [-0.15, -0.1) is 6.58 Å². The minimum absolute atomic E-state index is 0.533. The average Bonchev–Trinajstić information content (AvgIpc) is 2.41. The molecule has 1 aliphatic rings. The summed E-state index contributed by atoms with van der Waals surface area (Å²) in [5.41, 5.74) is -0.722. The zero-order chi connectivity index (χ0) is 16.8. The summed E-state index contributed by atoms with van der Waals surface area (Å²) in [4.78, 5) is 24.3. The van der Waals surface area contributed by atoms with E-state index >= 15 is 0 Å². The topological polar surface area (TPSA) is 66.8 Å². The van der Waals surface area contributed by atoms with Crippen molar-refractivity contribution in [3.05, 3.63) is 12.7 Å². The van der Waals surface area contributed by atoms with Crippen LogP contribution in [0, 0.1) is 5.92 Å². The van der Waals surface area contributed by atoms with Gasteiger partial charge in [-0.05, 0) is 39.5 Å². The van der Waals surface area contributed by atoms with Crippen molar-refractivity contribution in [2.24, 2.45) is 5.92 Å². The Morgan fingerprint density at radius 3 is 2.36 bits per heavy atom. The van der Waals surface area contributed by atoms with Crippen LogP contribution in [-0.4, -0.2) is 33.8 Å². The molecule has 126 valence electrons. The Morgan fingerprint density at radius 2 is 1.91 bits per heavy atom. The Balaban J connectivity index is 2.67. The zero-order valence-corrected chi connectivity index (χ0v) is 14.0. The molecule has 0 aromatic carbocycles. The molecule has 22 heavy (non-hydrogen) atoms. The molecular weight excluding hydrogens is 282 g/mol.